The maximum atomic E-state index is 5.94. The molecular formula is C11H8Cl2N2O. The Hall–Kier alpha value is -1.32. The molecule has 0 saturated carbocycles. The van der Waals surface area contributed by atoms with Crippen molar-refractivity contribution in [1.29, 1.82) is 0 Å². The van der Waals surface area contributed by atoms with Crippen molar-refractivity contribution in [3.05, 3.63) is 40.6 Å². The van der Waals surface area contributed by atoms with Crippen LogP contribution in [0, 0.1) is 0 Å². The smallest absolute Gasteiger partial charge is 0.159 e. The lowest BCUT2D eigenvalue weighted by molar-refractivity contribution is 0.415. The molecule has 5 heteroatoms. The molecule has 2 rings (SSSR count). The van der Waals surface area contributed by atoms with Gasteiger partial charge in [0.1, 0.15) is 5.75 Å². The first-order valence-corrected chi connectivity index (χ1v) is 5.29. The molecule has 0 aliphatic heterocycles. The van der Waals surface area contributed by atoms with Gasteiger partial charge >= 0.3 is 0 Å². The maximum Gasteiger partial charge on any atom is 0.159 e. The Morgan fingerprint density at radius 3 is 2.38 bits per heavy atom. The first-order chi connectivity index (χ1) is 7.70. The van der Waals surface area contributed by atoms with Gasteiger partial charge in [-0.3, -0.25) is 0 Å². The van der Waals surface area contributed by atoms with Crippen LogP contribution < -0.4 is 4.74 Å². The molecule has 0 N–H and O–H groups in total. The molecule has 3 nitrogen and oxygen atoms in total. The minimum absolute atomic E-state index is 0.315. The van der Waals surface area contributed by atoms with Gasteiger partial charge in [-0.2, -0.15) is 0 Å². The van der Waals surface area contributed by atoms with Crippen molar-refractivity contribution < 1.29 is 4.74 Å². The van der Waals surface area contributed by atoms with Crippen LogP contribution in [0.3, 0.4) is 0 Å². The highest BCUT2D eigenvalue weighted by molar-refractivity contribution is 6.33. The highest BCUT2D eigenvalue weighted by Gasteiger charge is 2.06. The van der Waals surface area contributed by atoms with Crippen LogP contribution >= 0.6 is 23.2 Å². The fourth-order valence-corrected chi connectivity index (χ4v) is 1.67. The molecule has 0 fully saturated rings. The average molecular weight is 255 g/mol. The molecule has 0 unspecified atom stereocenters. The second-order valence-corrected chi connectivity index (χ2v) is 3.85. The van der Waals surface area contributed by atoms with E-state index in [-0.39, 0.29) is 0 Å². The number of hydrogen-bond acceptors (Lipinski definition) is 3. The van der Waals surface area contributed by atoms with Crippen LogP contribution in [-0.2, 0) is 0 Å². The summed E-state index contributed by atoms with van der Waals surface area (Å²) in [6.45, 7) is 0. The van der Waals surface area contributed by atoms with Crippen molar-refractivity contribution in [2.45, 2.75) is 0 Å². The molecule has 1 aromatic heterocycles. The van der Waals surface area contributed by atoms with Gasteiger partial charge in [0.05, 0.1) is 7.11 Å². The largest absolute Gasteiger partial charge is 0.497 e. The number of aromatic nitrogens is 2. The summed E-state index contributed by atoms with van der Waals surface area (Å²) in [6.07, 6.45) is 0. The maximum absolute atomic E-state index is 5.94. The summed E-state index contributed by atoms with van der Waals surface area (Å²) in [6, 6.07) is 9.15. The number of halogens is 2. The van der Waals surface area contributed by atoms with Crippen molar-refractivity contribution in [3.8, 4) is 16.9 Å². The van der Waals surface area contributed by atoms with Gasteiger partial charge < -0.3 is 4.74 Å². The van der Waals surface area contributed by atoms with Crippen molar-refractivity contribution in [2.24, 2.45) is 0 Å². The van der Waals surface area contributed by atoms with E-state index in [0.29, 0.717) is 10.3 Å². The molecule has 0 bridgehead atoms. The van der Waals surface area contributed by atoms with Gasteiger partial charge in [-0.15, -0.1) is 10.2 Å². The molecule has 0 amide bonds. The third-order valence-corrected chi connectivity index (χ3v) is 2.58. The Bertz CT molecular complexity index is 500. The lowest BCUT2D eigenvalue weighted by Gasteiger charge is -2.04. The van der Waals surface area contributed by atoms with Crippen molar-refractivity contribution in [2.75, 3.05) is 7.11 Å². The van der Waals surface area contributed by atoms with Gasteiger partial charge in [0, 0.05) is 5.56 Å². The summed E-state index contributed by atoms with van der Waals surface area (Å²) in [5.74, 6) is 0.785. The summed E-state index contributed by atoms with van der Waals surface area (Å²) < 4.78 is 5.07. The van der Waals surface area contributed by atoms with E-state index in [1.54, 1.807) is 13.2 Å². The molecule has 0 aliphatic rings. The summed E-state index contributed by atoms with van der Waals surface area (Å²) in [5.41, 5.74) is 1.67. The first kappa shape index (κ1) is 11.2. The minimum atomic E-state index is 0.315. The van der Waals surface area contributed by atoms with Gasteiger partial charge in [0.15, 0.2) is 10.3 Å². The molecule has 0 radical (unpaired) electrons. The molecule has 16 heavy (non-hydrogen) atoms. The topological polar surface area (TPSA) is 35.0 Å². The normalized spacial score (nSPS) is 10.2. The highest BCUT2D eigenvalue weighted by atomic mass is 35.5. The van der Waals surface area contributed by atoms with Crippen LogP contribution in [-0.4, -0.2) is 17.3 Å². The molecular weight excluding hydrogens is 247 g/mol. The van der Waals surface area contributed by atoms with Crippen LogP contribution in [0.4, 0.5) is 0 Å². The Morgan fingerprint density at radius 2 is 1.75 bits per heavy atom. The van der Waals surface area contributed by atoms with E-state index < -0.39 is 0 Å². The van der Waals surface area contributed by atoms with E-state index in [1.807, 2.05) is 24.3 Å². The Balaban J connectivity index is 2.45. The SMILES string of the molecule is COc1ccc(-c2cc(Cl)nnc2Cl)cc1. The van der Waals surface area contributed by atoms with Crippen LogP contribution in [0.25, 0.3) is 11.1 Å². The van der Waals surface area contributed by atoms with Crippen molar-refractivity contribution in [3.63, 3.8) is 0 Å². The molecule has 82 valence electrons. The van der Waals surface area contributed by atoms with Crippen molar-refractivity contribution >= 4 is 23.2 Å². The van der Waals surface area contributed by atoms with Crippen LogP contribution in [0.2, 0.25) is 10.3 Å². The van der Waals surface area contributed by atoms with Crippen molar-refractivity contribution in [1.82, 2.24) is 10.2 Å². The molecule has 0 aliphatic carbocycles. The minimum Gasteiger partial charge on any atom is -0.497 e. The van der Waals surface area contributed by atoms with Crippen LogP contribution in [0.5, 0.6) is 5.75 Å². The molecule has 0 spiro atoms. The van der Waals surface area contributed by atoms with E-state index in [4.69, 9.17) is 27.9 Å². The fourth-order valence-electron chi connectivity index (χ4n) is 1.33. The highest BCUT2D eigenvalue weighted by Crippen LogP contribution is 2.28. The fraction of sp³-hybridized carbons (Fsp3) is 0.0909. The van der Waals surface area contributed by atoms with Crippen LogP contribution in [0.1, 0.15) is 0 Å². The number of nitrogens with zero attached hydrogens (tertiary/aromatic N) is 2. The van der Waals surface area contributed by atoms with E-state index in [2.05, 4.69) is 10.2 Å². The van der Waals surface area contributed by atoms with E-state index in [1.165, 1.54) is 0 Å². The third kappa shape index (κ3) is 2.26. The molecule has 0 saturated heterocycles. The predicted molar refractivity (Wildman–Crippen MR) is 64.0 cm³/mol. The molecule has 1 aromatic carbocycles. The summed E-state index contributed by atoms with van der Waals surface area (Å²) in [4.78, 5) is 0. The molecule has 1 heterocycles. The van der Waals surface area contributed by atoms with E-state index >= 15 is 0 Å². The lowest BCUT2D eigenvalue weighted by atomic mass is 10.1. The first-order valence-electron chi connectivity index (χ1n) is 4.54. The predicted octanol–water partition coefficient (Wildman–Crippen LogP) is 3.46. The number of hydrogen-bond donors (Lipinski definition) is 0. The molecule has 0 atom stereocenters. The monoisotopic (exact) mass is 254 g/mol. The van der Waals surface area contributed by atoms with Gasteiger partial charge in [0.25, 0.3) is 0 Å². The second kappa shape index (κ2) is 4.68. The van der Waals surface area contributed by atoms with Crippen LogP contribution in [0.15, 0.2) is 30.3 Å². The van der Waals surface area contributed by atoms with Gasteiger partial charge in [-0.05, 0) is 23.8 Å². The summed E-state index contributed by atoms with van der Waals surface area (Å²) in [5, 5.41) is 8.05. The van der Waals surface area contributed by atoms with E-state index in [9.17, 15) is 0 Å². The summed E-state index contributed by atoms with van der Waals surface area (Å²) in [7, 11) is 1.62. The Labute approximate surface area is 103 Å². The number of benzene rings is 1. The zero-order valence-corrected chi connectivity index (χ0v) is 9.96. The quantitative estimate of drug-likeness (QED) is 0.824. The number of methoxy groups -OCH3 is 1. The third-order valence-electron chi connectivity index (χ3n) is 2.12. The zero-order valence-electron chi connectivity index (χ0n) is 8.45. The zero-order chi connectivity index (χ0) is 11.5. The Kier molecular flexibility index (Phi) is 3.27. The van der Waals surface area contributed by atoms with Gasteiger partial charge in [-0.1, -0.05) is 35.3 Å². The van der Waals surface area contributed by atoms with Gasteiger partial charge in [0.2, 0.25) is 0 Å². The second-order valence-electron chi connectivity index (χ2n) is 3.10. The summed E-state index contributed by atoms with van der Waals surface area (Å²) >= 11 is 11.7. The molecule has 2 aromatic rings. The standard InChI is InChI=1S/C11H8Cl2N2O/c1-16-8-4-2-7(3-5-8)9-6-10(12)14-15-11(9)13/h2-6H,1H3. The number of rotatable bonds is 2. The van der Waals surface area contributed by atoms with Gasteiger partial charge in [-0.25, -0.2) is 0 Å². The Morgan fingerprint density at radius 1 is 1.06 bits per heavy atom. The lowest BCUT2D eigenvalue weighted by Crippen LogP contribution is -1.88. The van der Waals surface area contributed by atoms with E-state index in [0.717, 1.165) is 16.9 Å². The average Bonchev–Trinajstić information content (AvgIpc) is 2.32. The number of ether oxygens (including phenoxy) is 1.